The zero-order chi connectivity index (χ0) is 14.1. The Hall–Kier alpha value is -1.66. The minimum Gasteiger partial charge on any atom is -0.376 e. The second-order valence-electron chi connectivity index (χ2n) is 5.60. The summed E-state index contributed by atoms with van der Waals surface area (Å²) in [6.07, 6.45) is 2.63. The van der Waals surface area contributed by atoms with Gasteiger partial charge < -0.3 is 15.0 Å². The Labute approximate surface area is 117 Å². The van der Waals surface area contributed by atoms with Crippen LogP contribution < -0.4 is 10.9 Å². The van der Waals surface area contributed by atoms with Crippen LogP contribution in [0.3, 0.4) is 0 Å². The topological polar surface area (TPSA) is 74.4 Å². The molecule has 0 bridgehead atoms. The van der Waals surface area contributed by atoms with E-state index in [0.29, 0.717) is 11.6 Å². The molecule has 6 nitrogen and oxygen atoms in total. The molecule has 2 aliphatic rings. The lowest BCUT2D eigenvalue weighted by Gasteiger charge is -2.33. The number of hydrogen-bond donors (Lipinski definition) is 2. The van der Waals surface area contributed by atoms with E-state index in [9.17, 15) is 9.59 Å². The van der Waals surface area contributed by atoms with Crippen molar-refractivity contribution in [3.05, 3.63) is 34.2 Å². The smallest absolute Gasteiger partial charge is 0.253 e. The molecule has 2 fully saturated rings. The molecule has 3 atom stereocenters. The van der Waals surface area contributed by atoms with Crippen molar-refractivity contribution >= 4 is 5.91 Å². The maximum Gasteiger partial charge on any atom is 0.253 e. The normalized spacial score (nSPS) is 29.9. The Bertz CT molecular complexity index is 536. The van der Waals surface area contributed by atoms with Crippen LogP contribution in [0.4, 0.5) is 0 Å². The average molecular weight is 277 g/mol. The first-order chi connectivity index (χ1) is 9.61. The van der Waals surface area contributed by atoms with Gasteiger partial charge in [0.25, 0.3) is 5.91 Å². The van der Waals surface area contributed by atoms with Gasteiger partial charge in [0.15, 0.2) is 0 Å². The molecule has 2 N–H and O–H groups in total. The maximum atomic E-state index is 12.1. The number of amides is 1. The maximum absolute atomic E-state index is 12.1. The number of nitrogens with one attached hydrogen (secondary N) is 2. The Morgan fingerprint density at radius 1 is 1.45 bits per heavy atom. The van der Waals surface area contributed by atoms with Crippen LogP contribution in [0.2, 0.25) is 0 Å². The Kier molecular flexibility index (Phi) is 3.58. The zero-order valence-corrected chi connectivity index (χ0v) is 11.5. The fourth-order valence-corrected chi connectivity index (χ4v) is 2.96. The molecule has 0 aliphatic carbocycles. The third-order valence-corrected chi connectivity index (χ3v) is 3.97. The summed E-state index contributed by atoms with van der Waals surface area (Å²) in [4.78, 5) is 28.0. The molecular formula is C14H19N3O3. The van der Waals surface area contributed by atoms with Crippen molar-refractivity contribution in [3.63, 3.8) is 0 Å². The number of H-pyrrole nitrogens is 1. The van der Waals surface area contributed by atoms with E-state index >= 15 is 0 Å². The highest BCUT2D eigenvalue weighted by Gasteiger charge is 2.36. The number of aromatic nitrogens is 1. The Balaban J connectivity index is 1.60. The van der Waals surface area contributed by atoms with Gasteiger partial charge in [-0.05, 0) is 19.4 Å². The lowest BCUT2D eigenvalue weighted by molar-refractivity contribution is -0.0390. The summed E-state index contributed by atoms with van der Waals surface area (Å²) in [6.45, 7) is 4.61. The monoisotopic (exact) mass is 277 g/mol. The first-order valence-corrected chi connectivity index (χ1v) is 6.97. The van der Waals surface area contributed by atoms with Gasteiger partial charge in [-0.1, -0.05) is 0 Å². The van der Waals surface area contributed by atoms with Crippen molar-refractivity contribution in [2.45, 2.75) is 31.5 Å². The molecular weight excluding hydrogens is 258 g/mol. The molecule has 3 heterocycles. The summed E-state index contributed by atoms with van der Waals surface area (Å²) < 4.78 is 5.65. The van der Waals surface area contributed by atoms with Gasteiger partial charge in [-0.15, -0.1) is 0 Å². The molecule has 3 rings (SSSR count). The van der Waals surface area contributed by atoms with Gasteiger partial charge in [-0.3, -0.25) is 14.5 Å². The third-order valence-electron chi connectivity index (χ3n) is 3.97. The molecule has 1 amide bonds. The van der Waals surface area contributed by atoms with E-state index in [2.05, 4.69) is 22.1 Å². The van der Waals surface area contributed by atoms with Crippen LogP contribution in [0.25, 0.3) is 0 Å². The van der Waals surface area contributed by atoms with E-state index in [-0.39, 0.29) is 23.6 Å². The fraction of sp³-hybridized carbons (Fsp3) is 0.571. The van der Waals surface area contributed by atoms with Gasteiger partial charge in [-0.2, -0.15) is 0 Å². The van der Waals surface area contributed by atoms with Crippen molar-refractivity contribution < 1.29 is 9.53 Å². The molecule has 2 saturated heterocycles. The predicted molar refractivity (Wildman–Crippen MR) is 73.7 cm³/mol. The third kappa shape index (κ3) is 2.76. The van der Waals surface area contributed by atoms with Crippen molar-refractivity contribution in [2.75, 3.05) is 19.7 Å². The quantitative estimate of drug-likeness (QED) is 0.796. The number of carbonyl (C=O) groups is 1. The highest BCUT2D eigenvalue weighted by Crippen LogP contribution is 2.23. The second kappa shape index (κ2) is 5.38. The van der Waals surface area contributed by atoms with Crippen LogP contribution in [0.5, 0.6) is 0 Å². The summed E-state index contributed by atoms with van der Waals surface area (Å²) in [5.41, 5.74) is 0.282. The Morgan fingerprint density at radius 3 is 3.05 bits per heavy atom. The minimum absolute atomic E-state index is 0.139. The number of aromatic amines is 1. The number of morpholine rings is 1. The lowest BCUT2D eigenvalue weighted by atomic mass is 10.1. The standard InChI is InChI=1S/C14H19N3O3/c1-9-6-17-7-11(4-12(17)8-20-9)16-14(19)10-2-3-13(18)15-5-10/h2-3,5,9,11-12H,4,6-8H2,1H3,(H,15,18)(H,16,19)/t9-,11-,12+/m1/s1. The lowest BCUT2D eigenvalue weighted by Crippen LogP contribution is -2.45. The summed E-state index contributed by atoms with van der Waals surface area (Å²) in [7, 11) is 0. The molecule has 1 aromatic rings. The molecule has 2 aliphatic heterocycles. The SMILES string of the molecule is C[C@@H]1CN2C[C@H](NC(=O)c3ccc(=O)[nH]c3)C[C@H]2CO1. The molecule has 20 heavy (non-hydrogen) atoms. The van der Waals surface area contributed by atoms with E-state index in [0.717, 1.165) is 26.1 Å². The van der Waals surface area contributed by atoms with Crippen molar-refractivity contribution in [1.82, 2.24) is 15.2 Å². The largest absolute Gasteiger partial charge is 0.376 e. The van der Waals surface area contributed by atoms with E-state index in [4.69, 9.17) is 4.74 Å². The number of hydrogen-bond acceptors (Lipinski definition) is 4. The number of fused-ring (bicyclic) bond motifs is 1. The molecule has 0 radical (unpaired) electrons. The summed E-state index contributed by atoms with van der Waals surface area (Å²) in [6, 6.07) is 3.46. The molecule has 6 heteroatoms. The first-order valence-electron chi connectivity index (χ1n) is 6.97. The molecule has 0 spiro atoms. The first kappa shape index (κ1) is 13.3. The molecule has 0 unspecified atom stereocenters. The van der Waals surface area contributed by atoms with Crippen molar-refractivity contribution in [1.29, 1.82) is 0 Å². The summed E-state index contributed by atoms with van der Waals surface area (Å²) in [5.74, 6) is -0.139. The minimum atomic E-state index is -0.203. The van der Waals surface area contributed by atoms with E-state index in [1.165, 1.54) is 12.3 Å². The van der Waals surface area contributed by atoms with E-state index in [1.54, 1.807) is 6.07 Å². The predicted octanol–water partition coefficient (Wildman–Crippen LogP) is -0.0337. The van der Waals surface area contributed by atoms with Gasteiger partial charge in [0.2, 0.25) is 5.56 Å². The molecule has 1 aromatic heterocycles. The number of carbonyl (C=O) groups excluding carboxylic acids is 1. The Morgan fingerprint density at radius 2 is 2.30 bits per heavy atom. The summed E-state index contributed by atoms with van der Waals surface area (Å²) >= 11 is 0. The number of nitrogens with zero attached hydrogens (tertiary/aromatic N) is 1. The van der Waals surface area contributed by atoms with Gasteiger partial charge in [-0.25, -0.2) is 0 Å². The molecule has 108 valence electrons. The van der Waals surface area contributed by atoms with Gasteiger partial charge in [0.1, 0.15) is 0 Å². The molecule has 0 saturated carbocycles. The average Bonchev–Trinajstić information content (AvgIpc) is 2.80. The second-order valence-corrected chi connectivity index (χ2v) is 5.60. The van der Waals surface area contributed by atoms with Crippen LogP contribution in [-0.4, -0.2) is 53.7 Å². The van der Waals surface area contributed by atoms with E-state index in [1.807, 2.05) is 0 Å². The van der Waals surface area contributed by atoms with Crippen LogP contribution in [0.1, 0.15) is 23.7 Å². The van der Waals surface area contributed by atoms with Gasteiger partial charge >= 0.3 is 0 Å². The summed E-state index contributed by atoms with van der Waals surface area (Å²) in [5, 5.41) is 3.03. The number of pyridine rings is 1. The van der Waals surface area contributed by atoms with Crippen LogP contribution in [0, 0.1) is 0 Å². The number of ether oxygens (including phenoxy) is 1. The highest BCUT2D eigenvalue weighted by atomic mass is 16.5. The fourth-order valence-electron chi connectivity index (χ4n) is 2.96. The zero-order valence-electron chi connectivity index (χ0n) is 11.5. The molecule has 0 aromatic carbocycles. The highest BCUT2D eigenvalue weighted by molar-refractivity contribution is 5.94. The van der Waals surface area contributed by atoms with Crippen LogP contribution in [-0.2, 0) is 4.74 Å². The van der Waals surface area contributed by atoms with Crippen molar-refractivity contribution in [3.8, 4) is 0 Å². The van der Waals surface area contributed by atoms with E-state index < -0.39 is 0 Å². The number of rotatable bonds is 2. The van der Waals surface area contributed by atoms with Gasteiger partial charge in [0, 0.05) is 37.4 Å². The van der Waals surface area contributed by atoms with Crippen molar-refractivity contribution in [2.24, 2.45) is 0 Å². The van der Waals surface area contributed by atoms with Gasteiger partial charge in [0.05, 0.1) is 18.3 Å². The van der Waals surface area contributed by atoms with Crippen LogP contribution >= 0.6 is 0 Å². The van der Waals surface area contributed by atoms with Crippen LogP contribution in [0.15, 0.2) is 23.1 Å².